The van der Waals surface area contributed by atoms with Gasteiger partial charge < -0.3 is 14.2 Å². The average Bonchev–Trinajstić information content (AvgIpc) is 3.78. The Hall–Kier alpha value is -6.62. The second-order valence-electron chi connectivity index (χ2n) is 13.0. The first-order chi connectivity index (χ1) is 25.8. The first kappa shape index (κ1) is 30.2. The molecule has 4 heteroatoms. The number of furan rings is 1. The predicted octanol–water partition coefficient (Wildman–Crippen LogP) is 14.6. The fraction of sp³-hybridized carbons (Fsp3) is 0. The lowest BCUT2D eigenvalue weighted by molar-refractivity contribution is 0.669. The summed E-state index contributed by atoms with van der Waals surface area (Å²) < 4.78 is 9.14. The summed E-state index contributed by atoms with van der Waals surface area (Å²) in [6.45, 7) is 0. The van der Waals surface area contributed by atoms with E-state index in [9.17, 15) is 0 Å². The predicted molar refractivity (Wildman–Crippen MR) is 221 cm³/mol. The normalized spacial score (nSPS) is 11.5. The summed E-state index contributed by atoms with van der Waals surface area (Å²) >= 11 is 1.84. The van der Waals surface area contributed by atoms with E-state index in [1.165, 1.54) is 31.3 Å². The smallest absolute Gasteiger partial charge is 0.137 e. The van der Waals surface area contributed by atoms with E-state index >= 15 is 0 Å². The lowest BCUT2D eigenvalue weighted by Gasteiger charge is -2.27. The number of para-hydroxylation sites is 2. The zero-order chi connectivity index (χ0) is 34.4. The van der Waals surface area contributed by atoms with Gasteiger partial charge in [0.15, 0.2) is 0 Å². The van der Waals surface area contributed by atoms with Crippen LogP contribution in [0.25, 0.3) is 53.2 Å². The van der Waals surface area contributed by atoms with Gasteiger partial charge in [-0.2, -0.15) is 0 Å². The third-order valence-electron chi connectivity index (χ3n) is 9.84. The molecule has 0 N–H and O–H groups in total. The summed E-state index contributed by atoms with van der Waals surface area (Å²) in [6, 6.07) is 69.0. The zero-order valence-electron chi connectivity index (χ0n) is 28.2. The van der Waals surface area contributed by atoms with Crippen LogP contribution in [-0.4, -0.2) is 0 Å². The van der Waals surface area contributed by atoms with Crippen LogP contribution in [0.3, 0.4) is 0 Å². The van der Waals surface area contributed by atoms with Crippen LogP contribution in [0, 0.1) is 0 Å². The standard InChI is InChI=1S/C48H32N2OS/c1-4-13-33(14-5-1)34-23-25-37(26-24-34)49(39-27-29-41-40-19-10-11-22-46(40)52-47(41)32-39)38-28-30-44-42(31-38)48-43(20-12-21-45(48)51-44)50(35-15-6-2-7-16-35)36-17-8-3-9-18-36/h1-32H. The molecule has 0 spiro atoms. The zero-order valence-corrected chi connectivity index (χ0v) is 29.0. The molecule has 0 aliphatic heterocycles. The van der Waals surface area contributed by atoms with Gasteiger partial charge in [-0.05, 0) is 96.1 Å². The Kier molecular flexibility index (Phi) is 7.33. The van der Waals surface area contributed by atoms with Crippen molar-refractivity contribution in [2.75, 3.05) is 9.80 Å². The quantitative estimate of drug-likeness (QED) is 0.167. The Morgan fingerprint density at radius 3 is 1.67 bits per heavy atom. The topological polar surface area (TPSA) is 19.6 Å². The molecule has 52 heavy (non-hydrogen) atoms. The van der Waals surface area contributed by atoms with Crippen LogP contribution in [0.2, 0.25) is 0 Å². The van der Waals surface area contributed by atoms with E-state index in [2.05, 4.69) is 204 Å². The van der Waals surface area contributed by atoms with Gasteiger partial charge in [0, 0.05) is 54.0 Å². The van der Waals surface area contributed by atoms with Crippen molar-refractivity contribution in [3.05, 3.63) is 194 Å². The van der Waals surface area contributed by atoms with Gasteiger partial charge in [-0.1, -0.05) is 109 Å². The van der Waals surface area contributed by atoms with Crippen LogP contribution < -0.4 is 9.80 Å². The maximum atomic E-state index is 6.57. The lowest BCUT2D eigenvalue weighted by Crippen LogP contribution is -2.10. The summed E-state index contributed by atoms with van der Waals surface area (Å²) in [4.78, 5) is 4.69. The fourth-order valence-electron chi connectivity index (χ4n) is 7.44. The number of thiophene rings is 1. The Morgan fingerprint density at radius 1 is 0.346 bits per heavy atom. The van der Waals surface area contributed by atoms with E-state index < -0.39 is 0 Å². The van der Waals surface area contributed by atoms with Crippen LogP contribution in [0.4, 0.5) is 34.1 Å². The molecule has 10 aromatic rings. The summed E-state index contributed by atoms with van der Waals surface area (Å²) in [6.07, 6.45) is 0. The van der Waals surface area contributed by atoms with E-state index in [1.807, 2.05) is 11.3 Å². The summed E-state index contributed by atoms with van der Waals surface area (Å²) in [5.41, 5.74) is 10.6. The van der Waals surface area contributed by atoms with Crippen molar-refractivity contribution in [3.63, 3.8) is 0 Å². The molecule has 2 aromatic heterocycles. The molecule has 2 heterocycles. The summed E-state index contributed by atoms with van der Waals surface area (Å²) in [7, 11) is 0. The number of anilines is 6. The number of fused-ring (bicyclic) bond motifs is 6. The molecule has 0 saturated heterocycles. The summed E-state index contributed by atoms with van der Waals surface area (Å²) in [5, 5.41) is 4.72. The maximum absolute atomic E-state index is 6.57. The Morgan fingerprint density at radius 2 is 0.923 bits per heavy atom. The van der Waals surface area contributed by atoms with Crippen LogP contribution in [0.1, 0.15) is 0 Å². The molecule has 0 aliphatic rings. The minimum Gasteiger partial charge on any atom is -0.456 e. The molecule has 0 aliphatic carbocycles. The van der Waals surface area contributed by atoms with Gasteiger partial charge in [-0.15, -0.1) is 11.3 Å². The first-order valence-electron chi connectivity index (χ1n) is 17.5. The second kappa shape index (κ2) is 12.6. The van der Waals surface area contributed by atoms with Crippen molar-refractivity contribution in [2.24, 2.45) is 0 Å². The molecule has 0 saturated carbocycles. The molecule has 3 nitrogen and oxygen atoms in total. The van der Waals surface area contributed by atoms with Gasteiger partial charge in [0.25, 0.3) is 0 Å². The van der Waals surface area contributed by atoms with E-state index in [1.54, 1.807) is 0 Å². The molecule has 10 rings (SSSR count). The number of hydrogen-bond donors (Lipinski definition) is 0. The third kappa shape index (κ3) is 5.20. The van der Waals surface area contributed by atoms with E-state index in [4.69, 9.17) is 4.42 Å². The molecule has 8 aromatic carbocycles. The third-order valence-corrected chi connectivity index (χ3v) is 11.0. The largest absolute Gasteiger partial charge is 0.456 e. The van der Waals surface area contributed by atoms with Crippen molar-refractivity contribution in [2.45, 2.75) is 0 Å². The van der Waals surface area contributed by atoms with Crippen LogP contribution in [-0.2, 0) is 0 Å². The highest BCUT2D eigenvalue weighted by atomic mass is 32.1. The minimum absolute atomic E-state index is 0.853. The van der Waals surface area contributed by atoms with Crippen LogP contribution >= 0.6 is 11.3 Å². The molecule has 0 bridgehead atoms. The Bertz CT molecular complexity index is 2800. The number of nitrogens with zero attached hydrogens (tertiary/aromatic N) is 2. The van der Waals surface area contributed by atoms with Crippen molar-refractivity contribution in [1.82, 2.24) is 0 Å². The van der Waals surface area contributed by atoms with Gasteiger partial charge in [0.2, 0.25) is 0 Å². The molecular weight excluding hydrogens is 653 g/mol. The fourth-order valence-corrected chi connectivity index (χ4v) is 8.58. The molecule has 0 amide bonds. The number of hydrogen-bond acceptors (Lipinski definition) is 4. The maximum Gasteiger partial charge on any atom is 0.137 e. The molecule has 0 unspecified atom stereocenters. The highest BCUT2D eigenvalue weighted by Gasteiger charge is 2.21. The SMILES string of the molecule is c1ccc(-c2ccc(N(c3ccc4c(c3)sc3ccccc34)c3ccc4oc5cccc(N(c6ccccc6)c6ccccc6)c5c4c3)cc2)cc1. The van der Waals surface area contributed by atoms with Gasteiger partial charge >= 0.3 is 0 Å². The number of rotatable bonds is 7. The Labute approximate surface area is 305 Å². The molecular formula is C48H32N2OS. The van der Waals surface area contributed by atoms with Crippen molar-refractivity contribution < 1.29 is 4.42 Å². The van der Waals surface area contributed by atoms with E-state index in [0.717, 1.165) is 56.1 Å². The highest BCUT2D eigenvalue weighted by molar-refractivity contribution is 7.25. The average molecular weight is 685 g/mol. The second-order valence-corrected chi connectivity index (χ2v) is 14.1. The monoisotopic (exact) mass is 684 g/mol. The van der Waals surface area contributed by atoms with Crippen molar-refractivity contribution in [1.29, 1.82) is 0 Å². The number of benzene rings is 8. The van der Waals surface area contributed by atoms with Gasteiger partial charge in [0.05, 0.1) is 11.1 Å². The molecule has 0 radical (unpaired) electrons. The van der Waals surface area contributed by atoms with Gasteiger partial charge in [-0.25, -0.2) is 0 Å². The molecule has 0 atom stereocenters. The first-order valence-corrected chi connectivity index (χ1v) is 18.3. The molecule has 0 fully saturated rings. The minimum atomic E-state index is 0.853. The summed E-state index contributed by atoms with van der Waals surface area (Å²) in [5.74, 6) is 0. The van der Waals surface area contributed by atoms with Gasteiger partial charge in [0.1, 0.15) is 11.2 Å². The van der Waals surface area contributed by atoms with Gasteiger partial charge in [-0.3, -0.25) is 0 Å². The highest BCUT2D eigenvalue weighted by Crippen LogP contribution is 2.46. The Balaban J connectivity index is 1.18. The van der Waals surface area contributed by atoms with Crippen molar-refractivity contribution >= 4 is 87.6 Å². The lowest BCUT2D eigenvalue weighted by atomic mass is 10.0. The molecule has 246 valence electrons. The van der Waals surface area contributed by atoms with E-state index in [0.29, 0.717) is 0 Å². The van der Waals surface area contributed by atoms with E-state index in [-0.39, 0.29) is 0 Å². The van der Waals surface area contributed by atoms with Crippen molar-refractivity contribution in [3.8, 4) is 11.1 Å². The van der Waals surface area contributed by atoms with Crippen LogP contribution in [0.5, 0.6) is 0 Å². The van der Waals surface area contributed by atoms with Crippen LogP contribution in [0.15, 0.2) is 199 Å².